The predicted molar refractivity (Wildman–Crippen MR) is 57.6 cm³/mol. The highest BCUT2D eigenvalue weighted by molar-refractivity contribution is 5.41. The number of ether oxygens (including phenoxy) is 1. The number of hydrogen-bond acceptors (Lipinski definition) is 2. The van der Waals surface area contributed by atoms with E-state index in [0.29, 0.717) is 0 Å². The van der Waals surface area contributed by atoms with E-state index in [9.17, 15) is 0 Å². The van der Waals surface area contributed by atoms with Gasteiger partial charge in [-0.05, 0) is 28.7 Å². The molecule has 2 nitrogen and oxygen atoms in total. The molecule has 1 N–H and O–H groups in total. The van der Waals surface area contributed by atoms with Crippen LogP contribution < -0.4 is 4.74 Å². The summed E-state index contributed by atoms with van der Waals surface area (Å²) in [7, 11) is 1.67. The van der Waals surface area contributed by atoms with Crippen molar-refractivity contribution >= 4 is 0 Å². The lowest BCUT2D eigenvalue weighted by molar-refractivity contribution is 0.281. The van der Waals surface area contributed by atoms with Crippen molar-refractivity contribution in [3.63, 3.8) is 0 Å². The lowest BCUT2D eigenvalue weighted by atomic mass is 9.85. The standard InChI is InChI=1S/C12H18O2/c1-12(2,3)10-7-9(8-13)5-6-11(10)14-4/h5-7,13H,8H2,1-4H3. The maximum Gasteiger partial charge on any atom is 0.122 e. The van der Waals surface area contributed by atoms with Gasteiger partial charge in [-0.15, -0.1) is 0 Å². The molecule has 0 unspecified atom stereocenters. The second-order valence-corrected chi connectivity index (χ2v) is 4.44. The number of rotatable bonds is 2. The van der Waals surface area contributed by atoms with Gasteiger partial charge in [0.1, 0.15) is 5.75 Å². The fraction of sp³-hybridized carbons (Fsp3) is 0.500. The SMILES string of the molecule is COc1ccc(CO)cc1C(C)(C)C. The van der Waals surface area contributed by atoms with Gasteiger partial charge in [-0.3, -0.25) is 0 Å². The minimum absolute atomic E-state index is 0.0382. The number of aliphatic hydroxyl groups excluding tert-OH is 1. The van der Waals surface area contributed by atoms with Gasteiger partial charge in [-0.1, -0.05) is 26.8 Å². The van der Waals surface area contributed by atoms with Crippen LogP contribution in [0.15, 0.2) is 18.2 Å². The molecule has 0 bridgehead atoms. The molecular weight excluding hydrogens is 176 g/mol. The molecule has 0 atom stereocenters. The van der Waals surface area contributed by atoms with Crippen molar-refractivity contribution in [3.8, 4) is 5.75 Å². The van der Waals surface area contributed by atoms with Gasteiger partial charge in [0.2, 0.25) is 0 Å². The summed E-state index contributed by atoms with van der Waals surface area (Å²) >= 11 is 0. The van der Waals surface area contributed by atoms with Crippen LogP contribution in [0.5, 0.6) is 5.75 Å². The highest BCUT2D eigenvalue weighted by Gasteiger charge is 2.18. The van der Waals surface area contributed by atoms with Crippen LogP contribution in [0, 0.1) is 0 Å². The number of hydrogen-bond donors (Lipinski definition) is 1. The molecular formula is C12H18O2. The molecule has 0 saturated carbocycles. The van der Waals surface area contributed by atoms with Crippen LogP contribution in [0.2, 0.25) is 0 Å². The van der Waals surface area contributed by atoms with Crippen molar-refractivity contribution < 1.29 is 9.84 Å². The van der Waals surface area contributed by atoms with E-state index in [1.165, 1.54) is 0 Å². The lowest BCUT2D eigenvalue weighted by Crippen LogP contribution is -2.13. The molecule has 1 rings (SSSR count). The molecule has 0 heterocycles. The van der Waals surface area contributed by atoms with Crippen LogP contribution in [0.3, 0.4) is 0 Å². The Balaban J connectivity index is 3.22. The molecule has 0 aromatic heterocycles. The summed E-state index contributed by atoms with van der Waals surface area (Å²) in [6, 6.07) is 5.79. The zero-order chi connectivity index (χ0) is 10.8. The van der Waals surface area contributed by atoms with E-state index in [2.05, 4.69) is 20.8 Å². The average molecular weight is 194 g/mol. The molecule has 0 radical (unpaired) electrons. The summed E-state index contributed by atoms with van der Waals surface area (Å²) < 4.78 is 5.29. The van der Waals surface area contributed by atoms with Gasteiger partial charge in [-0.2, -0.15) is 0 Å². The van der Waals surface area contributed by atoms with E-state index in [1.54, 1.807) is 7.11 Å². The van der Waals surface area contributed by atoms with Crippen LogP contribution in [-0.4, -0.2) is 12.2 Å². The van der Waals surface area contributed by atoms with Crippen molar-refractivity contribution in [3.05, 3.63) is 29.3 Å². The molecule has 0 amide bonds. The monoisotopic (exact) mass is 194 g/mol. The molecule has 78 valence electrons. The largest absolute Gasteiger partial charge is 0.496 e. The summed E-state index contributed by atoms with van der Waals surface area (Å²) in [6.45, 7) is 6.47. The fourth-order valence-electron chi connectivity index (χ4n) is 1.44. The minimum Gasteiger partial charge on any atom is -0.496 e. The Morgan fingerprint density at radius 1 is 1.29 bits per heavy atom. The predicted octanol–water partition coefficient (Wildman–Crippen LogP) is 2.49. The van der Waals surface area contributed by atoms with Gasteiger partial charge in [0, 0.05) is 0 Å². The Kier molecular flexibility index (Phi) is 3.17. The number of benzene rings is 1. The molecule has 0 aliphatic heterocycles. The molecule has 2 heteroatoms. The second kappa shape index (κ2) is 4.01. The third kappa shape index (κ3) is 2.26. The Morgan fingerprint density at radius 3 is 2.36 bits per heavy atom. The van der Waals surface area contributed by atoms with E-state index in [4.69, 9.17) is 9.84 Å². The smallest absolute Gasteiger partial charge is 0.122 e. The summed E-state index contributed by atoms with van der Waals surface area (Å²) in [5, 5.41) is 9.05. The summed E-state index contributed by atoms with van der Waals surface area (Å²) in [6.07, 6.45) is 0. The Bertz CT molecular complexity index is 311. The van der Waals surface area contributed by atoms with Crippen molar-refractivity contribution in [1.82, 2.24) is 0 Å². The first-order valence-electron chi connectivity index (χ1n) is 4.77. The van der Waals surface area contributed by atoms with E-state index in [0.717, 1.165) is 16.9 Å². The number of methoxy groups -OCH3 is 1. The zero-order valence-electron chi connectivity index (χ0n) is 9.29. The quantitative estimate of drug-likeness (QED) is 0.783. The first-order valence-corrected chi connectivity index (χ1v) is 4.77. The maximum atomic E-state index is 9.05. The van der Waals surface area contributed by atoms with Gasteiger partial charge in [0.05, 0.1) is 13.7 Å². The average Bonchev–Trinajstić information content (AvgIpc) is 2.15. The number of aliphatic hydroxyl groups is 1. The van der Waals surface area contributed by atoms with Gasteiger partial charge in [0.15, 0.2) is 0 Å². The third-order valence-corrected chi connectivity index (χ3v) is 2.25. The van der Waals surface area contributed by atoms with E-state index < -0.39 is 0 Å². The lowest BCUT2D eigenvalue weighted by Gasteiger charge is -2.22. The van der Waals surface area contributed by atoms with E-state index in [-0.39, 0.29) is 12.0 Å². The highest BCUT2D eigenvalue weighted by Crippen LogP contribution is 2.31. The molecule has 0 aliphatic carbocycles. The van der Waals surface area contributed by atoms with Gasteiger partial charge in [-0.25, -0.2) is 0 Å². The zero-order valence-corrected chi connectivity index (χ0v) is 9.29. The second-order valence-electron chi connectivity index (χ2n) is 4.44. The van der Waals surface area contributed by atoms with E-state index in [1.807, 2.05) is 18.2 Å². The van der Waals surface area contributed by atoms with Crippen molar-refractivity contribution in [2.45, 2.75) is 32.8 Å². The Morgan fingerprint density at radius 2 is 1.93 bits per heavy atom. The van der Waals surface area contributed by atoms with Crippen LogP contribution in [-0.2, 0) is 12.0 Å². The molecule has 14 heavy (non-hydrogen) atoms. The van der Waals surface area contributed by atoms with Crippen LogP contribution in [0.25, 0.3) is 0 Å². The highest BCUT2D eigenvalue weighted by atomic mass is 16.5. The fourth-order valence-corrected chi connectivity index (χ4v) is 1.44. The first kappa shape index (κ1) is 11.1. The molecule has 0 aliphatic rings. The maximum absolute atomic E-state index is 9.05. The van der Waals surface area contributed by atoms with Crippen LogP contribution in [0.4, 0.5) is 0 Å². The Labute approximate surface area is 85.5 Å². The molecule has 1 aromatic carbocycles. The first-order chi connectivity index (χ1) is 6.49. The summed E-state index contributed by atoms with van der Waals surface area (Å²) in [5.41, 5.74) is 2.10. The van der Waals surface area contributed by atoms with E-state index >= 15 is 0 Å². The molecule has 0 saturated heterocycles. The minimum atomic E-state index is 0.0382. The summed E-state index contributed by atoms with van der Waals surface area (Å²) in [5.74, 6) is 0.884. The van der Waals surface area contributed by atoms with Crippen LogP contribution >= 0.6 is 0 Å². The van der Waals surface area contributed by atoms with Gasteiger partial charge < -0.3 is 9.84 Å². The third-order valence-electron chi connectivity index (χ3n) is 2.25. The summed E-state index contributed by atoms with van der Waals surface area (Å²) in [4.78, 5) is 0. The molecule has 0 spiro atoms. The van der Waals surface area contributed by atoms with Crippen molar-refractivity contribution in [2.24, 2.45) is 0 Å². The molecule has 0 fully saturated rings. The van der Waals surface area contributed by atoms with Gasteiger partial charge >= 0.3 is 0 Å². The Hall–Kier alpha value is -1.02. The van der Waals surface area contributed by atoms with Gasteiger partial charge in [0.25, 0.3) is 0 Å². The molecule has 1 aromatic rings. The normalized spacial score (nSPS) is 11.5. The topological polar surface area (TPSA) is 29.5 Å². The van der Waals surface area contributed by atoms with Crippen molar-refractivity contribution in [2.75, 3.05) is 7.11 Å². The van der Waals surface area contributed by atoms with Crippen molar-refractivity contribution in [1.29, 1.82) is 0 Å². The van der Waals surface area contributed by atoms with Crippen LogP contribution in [0.1, 0.15) is 31.9 Å².